The molecule has 1 aromatic carbocycles. The summed E-state index contributed by atoms with van der Waals surface area (Å²) in [4.78, 5) is 28.5. The maximum absolute atomic E-state index is 13.0. The van der Waals surface area contributed by atoms with Crippen LogP contribution in [0, 0.1) is 6.92 Å². The molecule has 1 fully saturated rings. The summed E-state index contributed by atoms with van der Waals surface area (Å²) in [6.45, 7) is 2.65. The van der Waals surface area contributed by atoms with Crippen molar-refractivity contribution >= 4 is 23.6 Å². The normalized spacial score (nSPS) is 16.6. The van der Waals surface area contributed by atoms with Crippen molar-refractivity contribution in [3.05, 3.63) is 84.0 Å². The molecule has 0 bridgehead atoms. The summed E-state index contributed by atoms with van der Waals surface area (Å²) >= 11 is 0. The van der Waals surface area contributed by atoms with Crippen LogP contribution < -0.4 is 5.32 Å². The number of hydrogen-bond acceptors (Lipinski definition) is 5. The third kappa shape index (κ3) is 4.89. The van der Waals surface area contributed by atoms with Crippen LogP contribution in [-0.4, -0.2) is 32.3 Å². The molecule has 1 saturated heterocycles. The molecule has 0 aliphatic carbocycles. The van der Waals surface area contributed by atoms with E-state index < -0.39 is 0 Å². The first kappa shape index (κ1) is 19.8. The van der Waals surface area contributed by atoms with E-state index in [1.54, 1.807) is 12.3 Å². The summed E-state index contributed by atoms with van der Waals surface area (Å²) in [6, 6.07) is 17.3. The van der Waals surface area contributed by atoms with E-state index in [0.29, 0.717) is 18.2 Å². The van der Waals surface area contributed by atoms with Gasteiger partial charge in [-0.3, -0.25) is 4.79 Å². The smallest absolute Gasteiger partial charge is 0.247 e. The van der Waals surface area contributed by atoms with Gasteiger partial charge < -0.3 is 10.2 Å². The molecule has 1 amide bonds. The van der Waals surface area contributed by atoms with Crippen LogP contribution in [0.1, 0.15) is 42.4 Å². The Morgan fingerprint density at radius 1 is 1.07 bits per heavy atom. The summed E-state index contributed by atoms with van der Waals surface area (Å²) in [7, 11) is 0. The Labute approximate surface area is 176 Å². The Kier molecular flexibility index (Phi) is 6.13. The number of aryl methyl sites for hydroxylation is 1. The summed E-state index contributed by atoms with van der Waals surface area (Å²) in [5, 5.41) is 3.24. The number of nitrogens with zero attached hydrogens (tertiary/aromatic N) is 4. The van der Waals surface area contributed by atoms with Crippen LogP contribution in [0.5, 0.6) is 0 Å². The molecule has 2 aromatic heterocycles. The topological polar surface area (TPSA) is 71.0 Å². The number of amides is 1. The van der Waals surface area contributed by atoms with Crippen molar-refractivity contribution in [1.82, 2.24) is 19.9 Å². The predicted molar refractivity (Wildman–Crippen MR) is 118 cm³/mol. The lowest BCUT2D eigenvalue weighted by atomic mass is 10.0. The zero-order valence-electron chi connectivity index (χ0n) is 17.0. The summed E-state index contributed by atoms with van der Waals surface area (Å²) in [5.74, 6) is 2.08. The number of nitrogens with one attached hydrogen (secondary N) is 1. The van der Waals surface area contributed by atoms with Crippen LogP contribution in [0.4, 0.5) is 11.6 Å². The Morgan fingerprint density at radius 2 is 1.90 bits per heavy atom. The first-order valence-electron chi connectivity index (χ1n) is 10.3. The molecule has 152 valence electrons. The Hall–Kier alpha value is -3.54. The predicted octanol–water partition coefficient (Wildman–Crippen LogP) is 4.69. The summed E-state index contributed by atoms with van der Waals surface area (Å²) in [6.07, 6.45) is 8.15. The van der Waals surface area contributed by atoms with Gasteiger partial charge in [0.25, 0.3) is 0 Å². The van der Waals surface area contributed by atoms with Gasteiger partial charge in [0.05, 0.1) is 6.04 Å². The Morgan fingerprint density at radius 3 is 2.70 bits per heavy atom. The lowest BCUT2D eigenvalue weighted by Gasteiger charge is -2.34. The van der Waals surface area contributed by atoms with E-state index in [-0.39, 0.29) is 11.9 Å². The molecule has 0 saturated carbocycles. The second-order valence-electron chi connectivity index (χ2n) is 7.38. The molecule has 4 rings (SSSR count). The van der Waals surface area contributed by atoms with Crippen molar-refractivity contribution in [1.29, 1.82) is 0 Å². The molecule has 3 aromatic rings. The second kappa shape index (κ2) is 9.31. The fourth-order valence-corrected chi connectivity index (χ4v) is 3.66. The van der Waals surface area contributed by atoms with E-state index in [2.05, 4.69) is 15.3 Å². The number of aromatic nitrogens is 3. The summed E-state index contributed by atoms with van der Waals surface area (Å²) in [5.41, 5.74) is 1.87. The lowest BCUT2D eigenvalue weighted by molar-refractivity contribution is -0.129. The zero-order chi connectivity index (χ0) is 20.8. The van der Waals surface area contributed by atoms with Gasteiger partial charge in [-0.2, -0.15) is 0 Å². The highest BCUT2D eigenvalue weighted by Gasteiger charge is 2.29. The minimum absolute atomic E-state index is 0.00658. The maximum atomic E-state index is 13.0. The molecule has 0 unspecified atom stereocenters. The molecule has 0 spiro atoms. The van der Waals surface area contributed by atoms with Gasteiger partial charge in [-0.05, 0) is 50.0 Å². The van der Waals surface area contributed by atoms with Gasteiger partial charge in [-0.1, -0.05) is 36.4 Å². The van der Waals surface area contributed by atoms with Crippen molar-refractivity contribution in [2.45, 2.75) is 32.2 Å². The Balaban J connectivity index is 1.56. The average molecular weight is 399 g/mol. The molecule has 1 atom stereocenters. The van der Waals surface area contributed by atoms with Gasteiger partial charge in [0.15, 0.2) is 5.82 Å². The number of pyridine rings is 1. The molecule has 30 heavy (non-hydrogen) atoms. The van der Waals surface area contributed by atoms with E-state index in [1.165, 1.54) is 0 Å². The van der Waals surface area contributed by atoms with Crippen molar-refractivity contribution in [2.24, 2.45) is 0 Å². The highest BCUT2D eigenvalue weighted by molar-refractivity contribution is 5.92. The van der Waals surface area contributed by atoms with Crippen LogP contribution in [0.3, 0.4) is 0 Å². The molecule has 1 aliphatic heterocycles. The third-order valence-corrected chi connectivity index (χ3v) is 5.09. The van der Waals surface area contributed by atoms with Crippen molar-refractivity contribution in [3.63, 3.8) is 0 Å². The van der Waals surface area contributed by atoms with Gasteiger partial charge in [-0.25, -0.2) is 15.0 Å². The first-order valence-corrected chi connectivity index (χ1v) is 10.3. The van der Waals surface area contributed by atoms with Crippen molar-refractivity contribution < 1.29 is 4.79 Å². The van der Waals surface area contributed by atoms with Crippen LogP contribution in [0.15, 0.2) is 66.9 Å². The fraction of sp³-hybridized carbons (Fsp3) is 0.250. The lowest BCUT2D eigenvalue weighted by Crippen LogP contribution is -2.38. The largest absolute Gasteiger partial charge is 0.329 e. The molecule has 6 nitrogen and oxygen atoms in total. The minimum atomic E-state index is -0.129. The monoisotopic (exact) mass is 399 g/mol. The number of anilines is 2. The van der Waals surface area contributed by atoms with Crippen molar-refractivity contribution in [2.75, 3.05) is 11.9 Å². The number of carbonyl (C=O) groups is 1. The highest BCUT2D eigenvalue weighted by Crippen LogP contribution is 2.30. The fourth-order valence-electron chi connectivity index (χ4n) is 3.66. The number of carbonyl (C=O) groups excluding carboxylic acids is 1. The number of likely N-dealkylation sites (tertiary alicyclic amines) is 1. The maximum Gasteiger partial charge on any atom is 0.247 e. The van der Waals surface area contributed by atoms with E-state index in [9.17, 15) is 4.79 Å². The SMILES string of the molecule is Cc1cc(Nc2ccccn2)nc([C@H]2CCCCN2C(=O)/C=C/c2ccccc2)n1. The number of benzene rings is 1. The zero-order valence-corrected chi connectivity index (χ0v) is 17.0. The van der Waals surface area contributed by atoms with Gasteiger partial charge in [0.1, 0.15) is 11.6 Å². The molecular formula is C24H25N5O. The van der Waals surface area contributed by atoms with Crippen LogP contribution >= 0.6 is 0 Å². The highest BCUT2D eigenvalue weighted by atomic mass is 16.2. The van der Waals surface area contributed by atoms with Crippen LogP contribution in [0.25, 0.3) is 6.08 Å². The van der Waals surface area contributed by atoms with E-state index in [1.807, 2.05) is 72.5 Å². The third-order valence-electron chi connectivity index (χ3n) is 5.09. The average Bonchev–Trinajstić information content (AvgIpc) is 2.78. The standard InChI is InChI=1S/C24H25N5O/c1-18-17-22(27-21-12-5-7-15-25-21)28-24(26-18)20-11-6-8-16-29(20)23(30)14-13-19-9-3-2-4-10-19/h2-5,7,9-10,12-15,17,20H,6,8,11,16H2,1H3,(H,25,26,27,28)/b14-13+/t20-/m1/s1. The Bertz CT molecular complexity index is 1020. The summed E-state index contributed by atoms with van der Waals surface area (Å²) < 4.78 is 0. The molecule has 1 aliphatic rings. The number of piperidine rings is 1. The van der Waals surface area contributed by atoms with E-state index in [4.69, 9.17) is 4.98 Å². The van der Waals surface area contributed by atoms with Gasteiger partial charge in [-0.15, -0.1) is 0 Å². The molecule has 1 N–H and O–H groups in total. The minimum Gasteiger partial charge on any atom is -0.329 e. The van der Waals surface area contributed by atoms with Gasteiger partial charge in [0, 0.05) is 30.6 Å². The molecule has 3 heterocycles. The van der Waals surface area contributed by atoms with Crippen molar-refractivity contribution in [3.8, 4) is 0 Å². The molecule has 0 radical (unpaired) electrons. The van der Waals surface area contributed by atoms with Gasteiger partial charge >= 0.3 is 0 Å². The number of rotatable bonds is 5. The first-order chi connectivity index (χ1) is 14.7. The van der Waals surface area contributed by atoms with E-state index >= 15 is 0 Å². The van der Waals surface area contributed by atoms with E-state index in [0.717, 1.165) is 36.3 Å². The van der Waals surface area contributed by atoms with Crippen LogP contribution in [0.2, 0.25) is 0 Å². The quantitative estimate of drug-likeness (QED) is 0.630. The van der Waals surface area contributed by atoms with Crippen LogP contribution in [-0.2, 0) is 4.79 Å². The molecular weight excluding hydrogens is 374 g/mol. The number of hydrogen-bond donors (Lipinski definition) is 1. The van der Waals surface area contributed by atoms with Gasteiger partial charge in [0.2, 0.25) is 5.91 Å². The second-order valence-corrected chi connectivity index (χ2v) is 7.38. The molecule has 6 heteroatoms.